The zero-order valence-electron chi connectivity index (χ0n) is 9.84. The maximum Gasteiger partial charge on any atom is 0.327 e. The van der Waals surface area contributed by atoms with Crippen LogP contribution < -0.4 is 4.18 Å². The van der Waals surface area contributed by atoms with E-state index in [0.717, 1.165) is 12.7 Å². The number of rotatable bonds is 4. The van der Waals surface area contributed by atoms with Gasteiger partial charge in [0, 0.05) is 0 Å². The molecule has 0 spiro atoms. The highest BCUT2D eigenvalue weighted by Gasteiger charge is 2.30. The lowest BCUT2D eigenvalue weighted by atomic mass is 10.2. The van der Waals surface area contributed by atoms with Gasteiger partial charge in [-0.3, -0.25) is 4.79 Å². The average molecular weight is 258 g/mol. The zero-order valence-corrected chi connectivity index (χ0v) is 10.7. The molecule has 0 N–H and O–H groups in total. The predicted molar refractivity (Wildman–Crippen MR) is 62.2 cm³/mol. The maximum absolute atomic E-state index is 11.7. The van der Waals surface area contributed by atoms with Crippen molar-refractivity contribution in [2.24, 2.45) is 0 Å². The Kier molecular flexibility index (Phi) is 4.11. The van der Waals surface area contributed by atoms with Crippen LogP contribution in [0.15, 0.2) is 24.3 Å². The van der Waals surface area contributed by atoms with Gasteiger partial charge < -0.3 is 8.92 Å². The number of carbonyl (C=O) groups excluding carboxylic acids is 1. The summed E-state index contributed by atoms with van der Waals surface area (Å²) in [5.74, 6) is -0.677. The first-order chi connectivity index (χ1) is 7.86. The Morgan fingerprint density at radius 3 is 2.24 bits per heavy atom. The average Bonchev–Trinajstić information content (AvgIpc) is 2.30. The summed E-state index contributed by atoms with van der Waals surface area (Å²) in [4.78, 5) is 11.1. The number of hydrogen-bond donors (Lipinski definition) is 0. The van der Waals surface area contributed by atoms with Crippen molar-refractivity contribution in [3.8, 4) is 5.75 Å². The Morgan fingerprint density at radius 1 is 1.24 bits per heavy atom. The normalized spacial score (nSPS) is 12.9. The molecule has 5 nitrogen and oxygen atoms in total. The minimum atomic E-state index is -4.01. The highest BCUT2D eigenvalue weighted by atomic mass is 32.2. The van der Waals surface area contributed by atoms with E-state index in [4.69, 9.17) is 4.18 Å². The summed E-state index contributed by atoms with van der Waals surface area (Å²) < 4.78 is 32.5. The van der Waals surface area contributed by atoms with E-state index in [9.17, 15) is 13.2 Å². The van der Waals surface area contributed by atoms with Crippen molar-refractivity contribution in [3.63, 3.8) is 0 Å². The van der Waals surface area contributed by atoms with Gasteiger partial charge in [0.15, 0.2) is 5.25 Å². The highest BCUT2D eigenvalue weighted by molar-refractivity contribution is 7.88. The standard InChI is InChI=1S/C11H14O5S/c1-8-4-6-10(7-5-8)16-17(13,14)9(2)11(12)15-3/h4-7,9H,1-3H3/t9-/m1/s1. The molecule has 0 saturated heterocycles. The van der Waals surface area contributed by atoms with E-state index in [1.165, 1.54) is 19.1 Å². The van der Waals surface area contributed by atoms with Gasteiger partial charge in [-0.2, -0.15) is 8.42 Å². The van der Waals surface area contributed by atoms with E-state index >= 15 is 0 Å². The molecule has 0 aliphatic heterocycles. The number of methoxy groups -OCH3 is 1. The van der Waals surface area contributed by atoms with Crippen LogP contribution in [0, 0.1) is 6.92 Å². The fraction of sp³-hybridized carbons (Fsp3) is 0.364. The molecular formula is C11H14O5S. The molecule has 1 aromatic rings. The van der Waals surface area contributed by atoms with Gasteiger partial charge in [-0.05, 0) is 26.0 Å². The van der Waals surface area contributed by atoms with Crippen LogP contribution in [-0.4, -0.2) is 26.7 Å². The number of carbonyl (C=O) groups is 1. The third-order valence-electron chi connectivity index (χ3n) is 2.20. The van der Waals surface area contributed by atoms with Crippen LogP contribution >= 0.6 is 0 Å². The molecule has 6 heteroatoms. The Morgan fingerprint density at radius 2 is 1.76 bits per heavy atom. The molecule has 0 aromatic heterocycles. The molecule has 0 unspecified atom stereocenters. The van der Waals surface area contributed by atoms with Gasteiger partial charge >= 0.3 is 16.1 Å². The molecule has 94 valence electrons. The smallest absolute Gasteiger partial charge is 0.327 e. The van der Waals surface area contributed by atoms with Crippen LogP contribution in [0.5, 0.6) is 5.75 Å². The van der Waals surface area contributed by atoms with E-state index in [2.05, 4.69) is 4.74 Å². The predicted octanol–water partition coefficient (Wildman–Crippen LogP) is 1.27. The SMILES string of the molecule is COC(=O)[C@@H](C)S(=O)(=O)Oc1ccc(C)cc1. The number of esters is 1. The molecule has 0 aliphatic carbocycles. The van der Waals surface area contributed by atoms with Crippen molar-refractivity contribution in [3.05, 3.63) is 29.8 Å². The van der Waals surface area contributed by atoms with Gasteiger partial charge in [-0.15, -0.1) is 0 Å². The first-order valence-electron chi connectivity index (χ1n) is 4.94. The second-order valence-electron chi connectivity index (χ2n) is 3.55. The Bertz CT molecular complexity index is 489. The van der Waals surface area contributed by atoms with E-state index in [0.29, 0.717) is 0 Å². The molecule has 0 amide bonds. The Labute approximate surface area is 100 Å². The van der Waals surface area contributed by atoms with Crippen LogP contribution in [-0.2, 0) is 19.6 Å². The summed E-state index contributed by atoms with van der Waals surface area (Å²) in [6, 6.07) is 6.48. The number of benzene rings is 1. The molecule has 0 radical (unpaired) electrons. The van der Waals surface area contributed by atoms with Gasteiger partial charge in [0.25, 0.3) is 0 Å². The third kappa shape index (κ3) is 3.45. The number of hydrogen-bond acceptors (Lipinski definition) is 5. The van der Waals surface area contributed by atoms with Crippen molar-refractivity contribution < 1.29 is 22.1 Å². The molecular weight excluding hydrogens is 244 g/mol. The number of ether oxygens (including phenoxy) is 1. The molecule has 1 rings (SSSR count). The fourth-order valence-corrected chi connectivity index (χ4v) is 1.94. The van der Waals surface area contributed by atoms with Crippen LogP contribution in [0.25, 0.3) is 0 Å². The summed E-state index contributed by atoms with van der Waals surface area (Å²) in [5.41, 5.74) is 0.982. The Balaban J connectivity index is 2.86. The third-order valence-corrected chi connectivity index (χ3v) is 3.68. The van der Waals surface area contributed by atoms with Gasteiger partial charge in [-0.25, -0.2) is 0 Å². The van der Waals surface area contributed by atoms with Crippen LogP contribution in [0.4, 0.5) is 0 Å². The summed E-state index contributed by atoms with van der Waals surface area (Å²) in [5, 5.41) is -1.35. The van der Waals surface area contributed by atoms with E-state index in [1.807, 2.05) is 6.92 Å². The summed E-state index contributed by atoms with van der Waals surface area (Å²) in [6.45, 7) is 3.09. The van der Waals surface area contributed by atoms with Crippen LogP contribution in [0.3, 0.4) is 0 Å². The first kappa shape index (κ1) is 13.5. The zero-order chi connectivity index (χ0) is 13.1. The minimum Gasteiger partial charge on any atom is -0.468 e. The molecule has 0 heterocycles. The second kappa shape index (κ2) is 5.18. The van der Waals surface area contributed by atoms with E-state index in [1.54, 1.807) is 12.1 Å². The maximum atomic E-state index is 11.7. The lowest BCUT2D eigenvalue weighted by Gasteiger charge is -2.11. The van der Waals surface area contributed by atoms with E-state index < -0.39 is 21.3 Å². The molecule has 0 bridgehead atoms. The lowest BCUT2D eigenvalue weighted by Crippen LogP contribution is -2.31. The monoisotopic (exact) mass is 258 g/mol. The Hall–Kier alpha value is -1.56. The van der Waals surface area contributed by atoms with Gasteiger partial charge in [0.05, 0.1) is 7.11 Å². The molecule has 1 atom stereocenters. The van der Waals surface area contributed by atoms with Crippen molar-refractivity contribution in [1.82, 2.24) is 0 Å². The van der Waals surface area contributed by atoms with Crippen molar-refractivity contribution in [1.29, 1.82) is 0 Å². The van der Waals surface area contributed by atoms with Gasteiger partial charge in [-0.1, -0.05) is 17.7 Å². The first-order valence-corrected chi connectivity index (χ1v) is 6.42. The van der Waals surface area contributed by atoms with Gasteiger partial charge in [0.2, 0.25) is 0 Å². The topological polar surface area (TPSA) is 69.7 Å². The lowest BCUT2D eigenvalue weighted by molar-refractivity contribution is -0.139. The molecule has 0 aliphatic rings. The van der Waals surface area contributed by atoms with E-state index in [-0.39, 0.29) is 5.75 Å². The summed E-state index contributed by atoms with van der Waals surface area (Å²) >= 11 is 0. The van der Waals surface area contributed by atoms with Gasteiger partial charge in [0.1, 0.15) is 5.75 Å². The van der Waals surface area contributed by atoms with Crippen LogP contribution in [0.1, 0.15) is 12.5 Å². The molecule has 17 heavy (non-hydrogen) atoms. The highest BCUT2D eigenvalue weighted by Crippen LogP contribution is 2.16. The van der Waals surface area contributed by atoms with Crippen molar-refractivity contribution in [2.75, 3.05) is 7.11 Å². The summed E-state index contributed by atoms with van der Waals surface area (Å²) in [6.07, 6.45) is 0. The molecule has 0 fully saturated rings. The molecule has 0 saturated carbocycles. The molecule has 1 aromatic carbocycles. The minimum absolute atomic E-state index is 0.173. The number of aryl methyl sites for hydroxylation is 1. The quantitative estimate of drug-likeness (QED) is 0.600. The van der Waals surface area contributed by atoms with Crippen molar-refractivity contribution in [2.45, 2.75) is 19.1 Å². The summed E-state index contributed by atoms with van der Waals surface area (Å²) in [7, 11) is -2.89. The second-order valence-corrected chi connectivity index (χ2v) is 5.41. The van der Waals surface area contributed by atoms with Crippen molar-refractivity contribution >= 4 is 16.1 Å². The van der Waals surface area contributed by atoms with Crippen LogP contribution in [0.2, 0.25) is 0 Å². The largest absolute Gasteiger partial charge is 0.468 e. The fourth-order valence-electron chi connectivity index (χ4n) is 1.08.